The van der Waals surface area contributed by atoms with Gasteiger partial charge in [0.25, 0.3) is 11.8 Å². The molecule has 1 aromatic carbocycles. The van der Waals surface area contributed by atoms with Gasteiger partial charge in [0.2, 0.25) is 0 Å². The standard InChI is InChI=1S/C18H14IN3O2S/c1-2-9-22-17(24)15(16(23)20-18(22)25)11-14-4-3-10-21(14)13-7-5-12(19)6-8-13/h2-8,10-11H,1,9H2,(H,20,23,25). The third-order valence-electron chi connectivity index (χ3n) is 3.67. The second kappa shape index (κ2) is 7.32. The second-order valence-electron chi connectivity index (χ2n) is 5.30. The number of halogens is 1. The number of amides is 2. The van der Waals surface area contributed by atoms with Crippen LogP contribution < -0.4 is 5.32 Å². The molecule has 0 radical (unpaired) electrons. The highest BCUT2D eigenvalue weighted by molar-refractivity contribution is 14.1. The van der Waals surface area contributed by atoms with Gasteiger partial charge in [-0.15, -0.1) is 6.58 Å². The Morgan fingerprint density at radius 3 is 2.60 bits per heavy atom. The van der Waals surface area contributed by atoms with Crippen molar-refractivity contribution < 1.29 is 9.59 Å². The Morgan fingerprint density at radius 2 is 1.92 bits per heavy atom. The summed E-state index contributed by atoms with van der Waals surface area (Å²) in [6.07, 6.45) is 5.02. The van der Waals surface area contributed by atoms with E-state index < -0.39 is 11.8 Å². The zero-order valence-electron chi connectivity index (χ0n) is 13.1. The van der Waals surface area contributed by atoms with Crippen LogP contribution in [0.2, 0.25) is 0 Å². The first kappa shape index (κ1) is 17.6. The van der Waals surface area contributed by atoms with Gasteiger partial charge < -0.3 is 4.57 Å². The predicted octanol–water partition coefficient (Wildman–Crippen LogP) is 2.89. The van der Waals surface area contributed by atoms with Crippen LogP contribution in [-0.4, -0.2) is 32.9 Å². The molecule has 1 N–H and O–H groups in total. The SMILES string of the molecule is C=CCN1C(=O)C(=Cc2cccn2-c2ccc(I)cc2)C(=O)NC1=S. The van der Waals surface area contributed by atoms with Crippen molar-refractivity contribution in [2.45, 2.75) is 0 Å². The van der Waals surface area contributed by atoms with Gasteiger partial charge in [-0.05, 0) is 77.3 Å². The van der Waals surface area contributed by atoms with Gasteiger partial charge >= 0.3 is 0 Å². The Balaban J connectivity index is 2.00. The quantitative estimate of drug-likeness (QED) is 0.250. The largest absolute Gasteiger partial charge is 0.317 e. The fraction of sp³-hybridized carbons (Fsp3) is 0.0556. The van der Waals surface area contributed by atoms with E-state index in [4.69, 9.17) is 12.2 Å². The molecule has 5 nitrogen and oxygen atoms in total. The van der Waals surface area contributed by atoms with Crippen molar-refractivity contribution in [1.82, 2.24) is 14.8 Å². The van der Waals surface area contributed by atoms with Crippen LogP contribution in [0.25, 0.3) is 11.8 Å². The molecule has 0 saturated carbocycles. The van der Waals surface area contributed by atoms with Crippen LogP contribution in [0.4, 0.5) is 0 Å². The summed E-state index contributed by atoms with van der Waals surface area (Å²) < 4.78 is 3.04. The van der Waals surface area contributed by atoms with Crippen molar-refractivity contribution in [2.75, 3.05) is 6.54 Å². The summed E-state index contributed by atoms with van der Waals surface area (Å²) in [6, 6.07) is 11.7. The molecule has 1 aliphatic rings. The van der Waals surface area contributed by atoms with Gasteiger partial charge in [0.1, 0.15) is 5.57 Å². The van der Waals surface area contributed by atoms with E-state index in [1.807, 2.05) is 47.2 Å². The first-order chi connectivity index (χ1) is 12.0. The number of rotatable bonds is 4. The maximum Gasteiger partial charge on any atom is 0.266 e. The molecular formula is C18H14IN3O2S. The lowest BCUT2D eigenvalue weighted by atomic mass is 10.1. The van der Waals surface area contributed by atoms with E-state index in [1.165, 1.54) is 4.90 Å². The van der Waals surface area contributed by atoms with Crippen LogP contribution in [0, 0.1) is 3.57 Å². The van der Waals surface area contributed by atoms with E-state index >= 15 is 0 Å². The molecule has 0 aliphatic carbocycles. The Bertz CT molecular complexity index is 899. The first-order valence-corrected chi connectivity index (χ1v) is 8.93. The van der Waals surface area contributed by atoms with Gasteiger partial charge in [0.05, 0.1) is 0 Å². The van der Waals surface area contributed by atoms with Gasteiger partial charge in [0.15, 0.2) is 5.11 Å². The van der Waals surface area contributed by atoms with Crippen LogP contribution in [-0.2, 0) is 9.59 Å². The number of benzene rings is 1. The first-order valence-electron chi connectivity index (χ1n) is 7.44. The van der Waals surface area contributed by atoms with Crippen molar-refractivity contribution in [3.63, 3.8) is 0 Å². The molecule has 126 valence electrons. The molecule has 1 fully saturated rings. The summed E-state index contributed by atoms with van der Waals surface area (Å²) in [4.78, 5) is 26.2. The summed E-state index contributed by atoms with van der Waals surface area (Å²) in [6.45, 7) is 3.86. The molecule has 1 aromatic heterocycles. The fourth-order valence-electron chi connectivity index (χ4n) is 2.49. The molecule has 7 heteroatoms. The average Bonchev–Trinajstić information content (AvgIpc) is 3.04. The van der Waals surface area contributed by atoms with E-state index in [2.05, 4.69) is 34.5 Å². The number of nitrogens with one attached hydrogen (secondary N) is 1. The molecule has 0 bridgehead atoms. The molecule has 2 heterocycles. The van der Waals surface area contributed by atoms with Gasteiger partial charge in [-0.25, -0.2) is 0 Å². The van der Waals surface area contributed by atoms with Crippen molar-refractivity contribution in [2.24, 2.45) is 0 Å². The summed E-state index contributed by atoms with van der Waals surface area (Å²) in [5.41, 5.74) is 1.71. The van der Waals surface area contributed by atoms with Crippen molar-refractivity contribution in [3.8, 4) is 5.69 Å². The molecule has 1 aliphatic heterocycles. The average molecular weight is 463 g/mol. The highest BCUT2D eigenvalue weighted by Crippen LogP contribution is 2.19. The lowest BCUT2D eigenvalue weighted by Crippen LogP contribution is -2.53. The Labute approximate surface area is 164 Å². The fourth-order valence-corrected chi connectivity index (χ4v) is 3.10. The Kier molecular flexibility index (Phi) is 5.14. The van der Waals surface area contributed by atoms with E-state index in [-0.39, 0.29) is 17.2 Å². The topological polar surface area (TPSA) is 54.3 Å². The second-order valence-corrected chi connectivity index (χ2v) is 6.93. The smallest absolute Gasteiger partial charge is 0.266 e. The minimum absolute atomic E-state index is 0.0425. The van der Waals surface area contributed by atoms with Crippen LogP contribution in [0.15, 0.2) is 60.8 Å². The summed E-state index contributed by atoms with van der Waals surface area (Å²) in [5, 5.41) is 2.64. The Morgan fingerprint density at radius 1 is 1.20 bits per heavy atom. The monoisotopic (exact) mass is 463 g/mol. The third kappa shape index (κ3) is 3.57. The lowest BCUT2D eigenvalue weighted by molar-refractivity contribution is -0.128. The highest BCUT2D eigenvalue weighted by atomic mass is 127. The maximum absolute atomic E-state index is 12.6. The molecular weight excluding hydrogens is 449 g/mol. The van der Waals surface area contributed by atoms with Crippen LogP contribution in [0.1, 0.15) is 5.69 Å². The Hall–Kier alpha value is -2.26. The van der Waals surface area contributed by atoms with Gasteiger partial charge in [-0.1, -0.05) is 6.08 Å². The molecule has 3 rings (SSSR count). The number of hydrogen-bond donors (Lipinski definition) is 1. The number of nitrogens with zero attached hydrogens (tertiary/aromatic N) is 2. The highest BCUT2D eigenvalue weighted by Gasteiger charge is 2.32. The van der Waals surface area contributed by atoms with E-state index in [1.54, 1.807) is 12.2 Å². The van der Waals surface area contributed by atoms with Crippen LogP contribution in [0.3, 0.4) is 0 Å². The molecule has 1 saturated heterocycles. The molecule has 0 atom stereocenters. The number of thiocarbonyl (C=S) groups is 1. The van der Waals surface area contributed by atoms with Gasteiger partial charge in [-0.2, -0.15) is 0 Å². The van der Waals surface area contributed by atoms with Gasteiger partial charge in [0, 0.05) is 27.7 Å². The summed E-state index contributed by atoms with van der Waals surface area (Å²) in [7, 11) is 0. The molecule has 0 spiro atoms. The lowest BCUT2D eigenvalue weighted by Gasteiger charge is -2.27. The van der Waals surface area contributed by atoms with Crippen LogP contribution in [0.5, 0.6) is 0 Å². The zero-order valence-corrected chi connectivity index (χ0v) is 16.1. The maximum atomic E-state index is 12.6. The molecule has 2 amide bonds. The summed E-state index contributed by atoms with van der Waals surface area (Å²) in [5.74, 6) is -0.922. The number of carbonyl (C=O) groups is 2. The minimum atomic E-state index is -0.495. The van der Waals surface area contributed by atoms with E-state index in [9.17, 15) is 9.59 Å². The van der Waals surface area contributed by atoms with Crippen molar-refractivity contribution >= 4 is 57.8 Å². The zero-order chi connectivity index (χ0) is 18.0. The normalized spacial score (nSPS) is 16.3. The predicted molar refractivity (Wildman–Crippen MR) is 109 cm³/mol. The summed E-state index contributed by atoms with van der Waals surface area (Å²) >= 11 is 7.29. The van der Waals surface area contributed by atoms with Gasteiger partial charge in [-0.3, -0.25) is 19.8 Å². The molecule has 25 heavy (non-hydrogen) atoms. The number of carbonyl (C=O) groups excluding carboxylic acids is 2. The van der Waals surface area contributed by atoms with Crippen molar-refractivity contribution in [1.29, 1.82) is 0 Å². The third-order valence-corrected chi connectivity index (χ3v) is 4.72. The van der Waals surface area contributed by atoms with E-state index in [0.29, 0.717) is 0 Å². The number of aromatic nitrogens is 1. The molecule has 2 aromatic rings. The van der Waals surface area contributed by atoms with Crippen molar-refractivity contribution in [3.05, 3.63) is 70.1 Å². The minimum Gasteiger partial charge on any atom is -0.317 e. The van der Waals surface area contributed by atoms with E-state index in [0.717, 1.165) is 15.0 Å². The molecule has 0 unspecified atom stereocenters. The van der Waals surface area contributed by atoms with Crippen LogP contribution >= 0.6 is 34.8 Å². The number of hydrogen-bond acceptors (Lipinski definition) is 3.